The Hall–Kier alpha value is -1.68. The van der Waals surface area contributed by atoms with Crippen LogP contribution in [-0.4, -0.2) is 17.0 Å². The maximum atomic E-state index is 13.0. The van der Waals surface area contributed by atoms with Gasteiger partial charge in [0.2, 0.25) is 0 Å². The van der Waals surface area contributed by atoms with Gasteiger partial charge in [-0.25, -0.2) is 14.4 Å². The first-order chi connectivity index (χ1) is 9.01. The number of nitrogens with zero attached hydrogens (tertiary/aromatic N) is 2. The fourth-order valence-corrected chi connectivity index (χ4v) is 2.08. The molecule has 0 spiro atoms. The molecule has 0 unspecified atom stereocenters. The predicted molar refractivity (Wildman–Crippen MR) is 75.3 cm³/mol. The maximum absolute atomic E-state index is 13.0. The Bertz CT molecular complexity index is 614. The molecule has 0 aliphatic heterocycles. The van der Waals surface area contributed by atoms with Crippen molar-refractivity contribution in [2.45, 2.75) is 20.3 Å². The van der Waals surface area contributed by atoms with Gasteiger partial charge in [-0.05, 0) is 31.5 Å². The van der Waals surface area contributed by atoms with Gasteiger partial charge >= 0.3 is 0 Å². The number of hydrogen-bond acceptors (Lipinski definition) is 3. The maximum Gasteiger partial charge on any atom is 0.135 e. The number of hydrogen-bond donors (Lipinski definition) is 1. The van der Waals surface area contributed by atoms with Crippen LogP contribution in [0.4, 0.5) is 10.2 Å². The summed E-state index contributed by atoms with van der Waals surface area (Å²) in [5, 5.41) is 3.44. The fourth-order valence-electron chi connectivity index (χ4n) is 1.84. The van der Waals surface area contributed by atoms with Crippen LogP contribution in [-0.2, 0) is 6.42 Å². The molecule has 0 radical (unpaired) electrons. The van der Waals surface area contributed by atoms with E-state index >= 15 is 0 Å². The minimum absolute atomic E-state index is 0.342. The van der Waals surface area contributed by atoms with Gasteiger partial charge in [0.25, 0.3) is 0 Å². The Morgan fingerprint density at radius 2 is 2.00 bits per heavy atom. The number of aromatic nitrogens is 2. The molecule has 19 heavy (non-hydrogen) atoms. The summed E-state index contributed by atoms with van der Waals surface area (Å²) in [6.45, 7) is 3.91. The largest absolute Gasteiger partial charge is 0.373 e. The first-order valence-electron chi connectivity index (χ1n) is 5.97. The van der Waals surface area contributed by atoms with E-state index in [1.165, 1.54) is 12.1 Å². The Morgan fingerprint density at radius 3 is 2.63 bits per heavy atom. The van der Waals surface area contributed by atoms with Gasteiger partial charge in [-0.2, -0.15) is 0 Å². The van der Waals surface area contributed by atoms with Crippen LogP contribution in [0, 0.1) is 19.7 Å². The first kappa shape index (κ1) is 13.7. The van der Waals surface area contributed by atoms with Crippen LogP contribution in [0.25, 0.3) is 0 Å². The monoisotopic (exact) mass is 279 g/mol. The zero-order valence-electron chi connectivity index (χ0n) is 11.1. The van der Waals surface area contributed by atoms with Crippen LogP contribution >= 0.6 is 11.6 Å². The molecule has 1 heterocycles. The van der Waals surface area contributed by atoms with Gasteiger partial charge in [0.1, 0.15) is 17.5 Å². The SMILES string of the molecule is CNc1nc(Cc2ccc(F)cc2Cl)nc(C)c1C. The van der Waals surface area contributed by atoms with Gasteiger partial charge in [0.15, 0.2) is 0 Å². The lowest BCUT2D eigenvalue weighted by molar-refractivity contribution is 0.627. The van der Waals surface area contributed by atoms with E-state index in [2.05, 4.69) is 15.3 Å². The van der Waals surface area contributed by atoms with E-state index in [9.17, 15) is 4.39 Å². The summed E-state index contributed by atoms with van der Waals surface area (Å²) in [5.41, 5.74) is 2.76. The van der Waals surface area contributed by atoms with Gasteiger partial charge in [0.05, 0.1) is 0 Å². The molecule has 1 aromatic heterocycles. The summed E-state index contributed by atoms with van der Waals surface area (Å²) in [6.07, 6.45) is 0.481. The molecule has 3 nitrogen and oxygen atoms in total. The molecule has 0 bridgehead atoms. The molecule has 0 saturated heterocycles. The quantitative estimate of drug-likeness (QED) is 0.934. The van der Waals surface area contributed by atoms with Crippen molar-refractivity contribution in [3.8, 4) is 0 Å². The molecule has 100 valence electrons. The minimum atomic E-state index is -0.342. The molecule has 0 fully saturated rings. The fraction of sp³-hybridized carbons (Fsp3) is 0.286. The Kier molecular flexibility index (Phi) is 4.00. The molecule has 1 N–H and O–H groups in total. The Balaban J connectivity index is 2.35. The van der Waals surface area contributed by atoms with Crippen LogP contribution in [0.5, 0.6) is 0 Å². The number of benzene rings is 1. The van der Waals surface area contributed by atoms with Crippen LogP contribution < -0.4 is 5.32 Å². The van der Waals surface area contributed by atoms with Crippen molar-refractivity contribution in [1.29, 1.82) is 0 Å². The Morgan fingerprint density at radius 1 is 1.26 bits per heavy atom. The molecule has 0 aliphatic rings. The normalized spacial score (nSPS) is 10.6. The van der Waals surface area contributed by atoms with E-state index < -0.39 is 0 Å². The summed E-state index contributed by atoms with van der Waals surface area (Å²) in [7, 11) is 1.82. The zero-order chi connectivity index (χ0) is 14.0. The number of rotatable bonds is 3. The van der Waals surface area contributed by atoms with Crippen molar-refractivity contribution in [3.05, 3.63) is 51.7 Å². The lowest BCUT2D eigenvalue weighted by Crippen LogP contribution is -2.06. The molecular weight excluding hydrogens is 265 g/mol. The summed E-state index contributed by atoms with van der Waals surface area (Å²) in [6, 6.07) is 4.35. The first-order valence-corrected chi connectivity index (χ1v) is 6.35. The van der Waals surface area contributed by atoms with E-state index in [1.807, 2.05) is 20.9 Å². The standard InChI is InChI=1S/C14H15ClFN3/c1-8-9(2)18-13(19-14(8)17-3)6-10-4-5-11(16)7-12(10)15/h4-5,7H,6H2,1-3H3,(H,17,18,19). The molecule has 2 rings (SSSR count). The molecule has 0 saturated carbocycles. The third-order valence-electron chi connectivity index (χ3n) is 3.04. The smallest absolute Gasteiger partial charge is 0.135 e. The van der Waals surface area contributed by atoms with E-state index in [0.717, 1.165) is 22.6 Å². The van der Waals surface area contributed by atoms with Gasteiger partial charge in [-0.1, -0.05) is 17.7 Å². The molecule has 0 atom stereocenters. The lowest BCUT2D eigenvalue weighted by atomic mass is 10.1. The summed E-state index contributed by atoms with van der Waals surface area (Å²) in [4.78, 5) is 8.87. The van der Waals surface area contributed by atoms with Gasteiger partial charge in [0, 0.05) is 29.7 Å². The van der Waals surface area contributed by atoms with Crippen molar-refractivity contribution < 1.29 is 4.39 Å². The van der Waals surface area contributed by atoms with E-state index in [0.29, 0.717) is 17.3 Å². The second kappa shape index (κ2) is 5.53. The summed E-state index contributed by atoms with van der Waals surface area (Å²) < 4.78 is 13.0. The molecule has 0 amide bonds. The third kappa shape index (κ3) is 3.01. The minimum Gasteiger partial charge on any atom is -0.373 e. The van der Waals surface area contributed by atoms with Crippen molar-refractivity contribution in [3.63, 3.8) is 0 Å². The van der Waals surface area contributed by atoms with Crippen molar-refractivity contribution in [2.24, 2.45) is 0 Å². The summed E-state index contributed by atoms with van der Waals surface area (Å²) >= 11 is 6.01. The van der Waals surface area contributed by atoms with E-state index in [1.54, 1.807) is 6.07 Å². The Labute approximate surface area is 116 Å². The molecule has 5 heteroatoms. The van der Waals surface area contributed by atoms with Crippen LogP contribution in [0.3, 0.4) is 0 Å². The molecule has 2 aromatic rings. The third-order valence-corrected chi connectivity index (χ3v) is 3.39. The van der Waals surface area contributed by atoms with E-state index in [4.69, 9.17) is 11.6 Å². The number of anilines is 1. The molecule has 0 aliphatic carbocycles. The van der Waals surface area contributed by atoms with Crippen molar-refractivity contribution >= 4 is 17.4 Å². The van der Waals surface area contributed by atoms with Crippen molar-refractivity contribution in [1.82, 2.24) is 9.97 Å². The highest BCUT2D eigenvalue weighted by atomic mass is 35.5. The lowest BCUT2D eigenvalue weighted by Gasteiger charge is -2.10. The molecule has 1 aromatic carbocycles. The highest BCUT2D eigenvalue weighted by Crippen LogP contribution is 2.21. The zero-order valence-corrected chi connectivity index (χ0v) is 11.8. The summed E-state index contributed by atoms with van der Waals surface area (Å²) in [5.74, 6) is 1.13. The molecular formula is C14H15ClFN3. The highest BCUT2D eigenvalue weighted by molar-refractivity contribution is 6.31. The van der Waals surface area contributed by atoms with Crippen LogP contribution in [0.1, 0.15) is 22.6 Å². The predicted octanol–water partition coefficient (Wildman–Crippen LogP) is 3.52. The topological polar surface area (TPSA) is 37.8 Å². The second-order valence-electron chi connectivity index (χ2n) is 4.36. The number of aryl methyl sites for hydroxylation is 1. The van der Waals surface area contributed by atoms with Gasteiger partial charge < -0.3 is 5.32 Å². The van der Waals surface area contributed by atoms with Gasteiger partial charge in [-0.15, -0.1) is 0 Å². The average molecular weight is 280 g/mol. The average Bonchev–Trinajstić information content (AvgIpc) is 2.37. The van der Waals surface area contributed by atoms with Crippen LogP contribution in [0.2, 0.25) is 5.02 Å². The van der Waals surface area contributed by atoms with E-state index in [-0.39, 0.29) is 5.82 Å². The van der Waals surface area contributed by atoms with Crippen molar-refractivity contribution in [2.75, 3.05) is 12.4 Å². The van der Waals surface area contributed by atoms with Crippen LogP contribution in [0.15, 0.2) is 18.2 Å². The number of nitrogens with one attached hydrogen (secondary N) is 1. The highest BCUT2D eigenvalue weighted by Gasteiger charge is 2.09. The second-order valence-corrected chi connectivity index (χ2v) is 4.77. The number of halogens is 2. The van der Waals surface area contributed by atoms with Gasteiger partial charge in [-0.3, -0.25) is 0 Å².